The zero-order valence-corrected chi connectivity index (χ0v) is 12.0. The van der Waals surface area contributed by atoms with E-state index in [1.165, 1.54) is 0 Å². The maximum absolute atomic E-state index is 11.9. The zero-order valence-electron chi connectivity index (χ0n) is 11.2. The van der Waals surface area contributed by atoms with E-state index in [-0.39, 0.29) is 17.9 Å². The fourth-order valence-electron chi connectivity index (χ4n) is 2.50. The molecule has 1 aliphatic rings. The van der Waals surface area contributed by atoms with Crippen molar-refractivity contribution in [3.63, 3.8) is 0 Å². The van der Waals surface area contributed by atoms with Crippen molar-refractivity contribution in [2.75, 3.05) is 0 Å². The van der Waals surface area contributed by atoms with Crippen LogP contribution in [-0.4, -0.2) is 30.2 Å². The summed E-state index contributed by atoms with van der Waals surface area (Å²) in [6.45, 7) is 6.01. The van der Waals surface area contributed by atoms with Gasteiger partial charge in [0.15, 0.2) is 0 Å². The molecule has 0 spiro atoms. The highest BCUT2D eigenvalue weighted by molar-refractivity contribution is 7.86. The lowest BCUT2D eigenvalue weighted by molar-refractivity contribution is -0.125. The number of rotatable bonds is 5. The molecule has 2 unspecified atom stereocenters. The summed E-state index contributed by atoms with van der Waals surface area (Å²) in [5.74, 6) is 0.374. The Hall–Kier alpha value is -0.620. The standard InChI is InChI=1S/C12H23NO4S/c1-8(2)6-9(3)12(14)13-10-4-5-11(7-10)18(15,16)17/h8-11H,4-7H2,1-3H3,(H,13,14)(H,15,16,17)/t9-,10?,11?/m0/s1. The normalized spacial score (nSPS) is 26.3. The van der Waals surface area contributed by atoms with Gasteiger partial charge in [0.05, 0.1) is 5.25 Å². The Bertz CT molecular complexity index is 391. The number of hydrogen-bond acceptors (Lipinski definition) is 3. The molecule has 0 aromatic carbocycles. The molecule has 3 atom stereocenters. The van der Waals surface area contributed by atoms with E-state index in [2.05, 4.69) is 19.2 Å². The molecule has 1 rings (SSSR count). The number of nitrogens with one attached hydrogen (secondary N) is 1. The minimum atomic E-state index is -3.96. The average Bonchev–Trinajstić information content (AvgIpc) is 2.64. The fourth-order valence-corrected chi connectivity index (χ4v) is 3.41. The van der Waals surface area contributed by atoms with Gasteiger partial charge in [0.1, 0.15) is 0 Å². The molecule has 1 amide bonds. The van der Waals surface area contributed by atoms with E-state index >= 15 is 0 Å². The third kappa shape index (κ3) is 4.57. The van der Waals surface area contributed by atoms with Gasteiger partial charge >= 0.3 is 0 Å². The molecule has 0 radical (unpaired) electrons. The Morgan fingerprint density at radius 1 is 1.33 bits per heavy atom. The smallest absolute Gasteiger partial charge is 0.267 e. The molecule has 5 nitrogen and oxygen atoms in total. The first-order chi connectivity index (χ1) is 8.20. The van der Waals surface area contributed by atoms with Crippen LogP contribution >= 0.6 is 0 Å². The predicted octanol–water partition coefficient (Wildman–Crippen LogP) is 1.59. The Kier molecular flexibility index (Phi) is 5.16. The minimum absolute atomic E-state index is 0.0234. The van der Waals surface area contributed by atoms with Crippen LogP contribution in [0.4, 0.5) is 0 Å². The molecule has 0 bridgehead atoms. The van der Waals surface area contributed by atoms with Crippen molar-refractivity contribution in [1.29, 1.82) is 0 Å². The molecule has 6 heteroatoms. The van der Waals surface area contributed by atoms with Gasteiger partial charge in [-0.1, -0.05) is 20.8 Å². The van der Waals surface area contributed by atoms with Crippen LogP contribution in [0.25, 0.3) is 0 Å². The van der Waals surface area contributed by atoms with Gasteiger partial charge in [-0.15, -0.1) is 0 Å². The molecule has 0 heterocycles. The first-order valence-electron chi connectivity index (χ1n) is 6.46. The van der Waals surface area contributed by atoms with Crippen molar-refractivity contribution in [2.45, 2.75) is 57.7 Å². The number of amides is 1. The Morgan fingerprint density at radius 2 is 1.94 bits per heavy atom. The predicted molar refractivity (Wildman–Crippen MR) is 69.7 cm³/mol. The second-order valence-corrected chi connectivity index (χ2v) is 7.38. The van der Waals surface area contributed by atoms with Gasteiger partial charge in [-0.05, 0) is 31.6 Å². The monoisotopic (exact) mass is 277 g/mol. The van der Waals surface area contributed by atoms with Crippen LogP contribution in [0.3, 0.4) is 0 Å². The van der Waals surface area contributed by atoms with Gasteiger partial charge < -0.3 is 5.32 Å². The summed E-state index contributed by atoms with van der Waals surface area (Å²) in [5.41, 5.74) is 0. The third-order valence-electron chi connectivity index (χ3n) is 3.42. The molecular weight excluding hydrogens is 254 g/mol. The molecule has 18 heavy (non-hydrogen) atoms. The minimum Gasteiger partial charge on any atom is -0.353 e. The summed E-state index contributed by atoms with van der Waals surface area (Å²) in [6, 6.07) is -0.126. The highest BCUT2D eigenvalue weighted by Gasteiger charge is 2.34. The van der Waals surface area contributed by atoms with Crippen molar-refractivity contribution in [1.82, 2.24) is 5.32 Å². The molecule has 1 saturated carbocycles. The van der Waals surface area contributed by atoms with Crippen molar-refractivity contribution in [2.24, 2.45) is 11.8 Å². The third-order valence-corrected chi connectivity index (χ3v) is 4.70. The first kappa shape index (κ1) is 15.4. The van der Waals surface area contributed by atoms with Gasteiger partial charge in [0.2, 0.25) is 5.91 Å². The van der Waals surface area contributed by atoms with Crippen molar-refractivity contribution in [3.05, 3.63) is 0 Å². The lowest BCUT2D eigenvalue weighted by Gasteiger charge is -2.18. The Balaban J connectivity index is 2.43. The van der Waals surface area contributed by atoms with Crippen molar-refractivity contribution >= 4 is 16.0 Å². The molecule has 2 N–H and O–H groups in total. The van der Waals surface area contributed by atoms with Crippen LogP contribution in [0.15, 0.2) is 0 Å². The SMILES string of the molecule is CC(C)C[C@H](C)C(=O)NC1CCC(S(=O)(=O)O)C1. The van der Waals surface area contributed by atoms with Crippen LogP contribution in [-0.2, 0) is 14.9 Å². The fraction of sp³-hybridized carbons (Fsp3) is 0.917. The van der Waals surface area contributed by atoms with Crippen LogP contribution < -0.4 is 5.32 Å². The van der Waals surface area contributed by atoms with E-state index in [0.29, 0.717) is 25.2 Å². The maximum Gasteiger partial charge on any atom is 0.267 e. The number of carbonyl (C=O) groups excluding carboxylic acids is 1. The summed E-state index contributed by atoms with van der Waals surface area (Å²) in [5, 5.41) is 2.15. The Morgan fingerprint density at radius 3 is 2.39 bits per heavy atom. The van der Waals surface area contributed by atoms with Gasteiger partial charge in [-0.2, -0.15) is 8.42 Å². The van der Waals surface area contributed by atoms with Gasteiger partial charge in [-0.3, -0.25) is 9.35 Å². The second-order valence-electron chi connectivity index (χ2n) is 5.69. The van der Waals surface area contributed by atoms with Crippen LogP contribution in [0.2, 0.25) is 0 Å². The summed E-state index contributed by atoms with van der Waals surface area (Å²) in [6.07, 6.45) is 2.17. The molecule has 0 saturated heterocycles. The lowest BCUT2D eigenvalue weighted by Crippen LogP contribution is -2.37. The van der Waals surface area contributed by atoms with E-state index in [1.54, 1.807) is 0 Å². The van der Waals surface area contributed by atoms with E-state index < -0.39 is 15.4 Å². The topological polar surface area (TPSA) is 83.5 Å². The largest absolute Gasteiger partial charge is 0.353 e. The quantitative estimate of drug-likeness (QED) is 0.748. The van der Waals surface area contributed by atoms with Crippen LogP contribution in [0.1, 0.15) is 46.5 Å². The first-order valence-corrected chi connectivity index (χ1v) is 7.97. The molecule has 0 aromatic heterocycles. The Labute approximate surface area is 109 Å². The van der Waals surface area contributed by atoms with Crippen LogP contribution in [0.5, 0.6) is 0 Å². The van der Waals surface area contributed by atoms with E-state index in [0.717, 1.165) is 6.42 Å². The molecule has 1 aliphatic carbocycles. The summed E-state index contributed by atoms with van der Waals surface area (Å²) in [7, 11) is -3.96. The average molecular weight is 277 g/mol. The second kappa shape index (κ2) is 6.02. The molecule has 1 fully saturated rings. The molecule has 0 aliphatic heterocycles. The van der Waals surface area contributed by atoms with Crippen molar-refractivity contribution < 1.29 is 17.8 Å². The van der Waals surface area contributed by atoms with E-state index in [9.17, 15) is 13.2 Å². The highest BCUT2D eigenvalue weighted by atomic mass is 32.2. The van der Waals surface area contributed by atoms with Gasteiger partial charge in [0.25, 0.3) is 10.1 Å². The van der Waals surface area contributed by atoms with E-state index in [1.807, 2.05) is 6.92 Å². The summed E-state index contributed by atoms with van der Waals surface area (Å²) in [4.78, 5) is 11.9. The van der Waals surface area contributed by atoms with Gasteiger partial charge in [0, 0.05) is 12.0 Å². The highest BCUT2D eigenvalue weighted by Crippen LogP contribution is 2.25. The molecule has 106 valence electrons. The molecule has 0 aromatic rings. The molecular formula is C12H23NO4S. The van der Waals surface area contributed by atoms with Crippen molar-refractivity contribution in [3.8, 4) is 0 Å². The maximum atomic E-state index is 11.9. The zero-order chi connectivity index (χ0) is 13.9. The number of carbonyl (C=O) groups is 1. The van der Waals surface area contributed by atoms with Crippen LogP contribution in [0, 0.1) is 11.8 Å². The lowest BCUT2D eigenvalue weighted by atomic mass is 9.98. The summed E-state index contributed by atoms with van der Waals surface area (Å²) >= 11 is 0. The van der Waals surface area contributed by atoms with E-state index in [4.69, 9.17) is 4.55 Å². The van der Waals surface area contributed by atoms with Gasteiger partial charge in [-0.25, -0.2) is 0 Å². The number of hydrogen-bond donors (Lipinski definition) is 2. The summed E-state index contributed by atoms with van der Waals surface area (Å²) < 4.78 is 30.9.